The van der Waals surface area contributed by atoms with Crippen molar-refractivity contribution in [3.8, 4) is 6.07 Å². The Kier molecular flexibility index (Phi) is 3.63. The van der Waals surface area contributed by atoms with E-state index in [4.69, 9.17) is 5.73 Å². The number of aromatic nitrogens is 3. The first-order chi connectivity index (χ1) is 14.0. The number of carbonyl (C=O) groups is 1. The summed E-state index contributed by atoms with van der Waals surface area (Å²) in [6.45, 7) is 0. The van der Waals surface area contributed by atoms with Crippen LogP contribution in [-0.4, -0.2) is 20.7 Å². The number of nitrogens with two attached hydrogens (primary N) is 1. The largest absolute Gasteiger partial charge is 0.400 e. The van der Waals surface area contributed by atoms with Crippen LogP contribution in [0.2, 0.25) is 0 Å². The van der Waals surface area contributed by atoms with E-state index < -0.39 is 5.41 Å². The molecule has 2 aromatic heterocycles. The van der Waals surface area contributed by atoms with Crippen molar-refractivity contribution in [3.63, 3.8) is 0 Å². The fourth-order valence-corrected chi connectivity index (χ4v) is 4.93. The molecule has 1 aliphatic rings. The Bertz CT molecular complexity index is 1430. The predicted octanol–water partition coefficient (Wildman–Crippen LogP) is 2.53. The van der Waals surface area contributed by atoms with Crippen LogP contribution < -0.4 is 11.3 Å². The van der Waals surface area contributed by atoms with Crippen LogP contribution in [0.5, 0.6) is 0 Å². The maximum atomic E-state index is 12.7. The number of nitriles is 1. The maximum absolute atomic E-state index is 12.7. The third kappa shape index (κ3) is 2.35. The Morgan fingerprint density at radius 2 is 1.79 bits per heavy atom. The molecule has 3 N–H and O–H groups in total. The van der Waals surface area contributed by atoms with Crippen molar-refractivity contribution in [1.82, 2.24) is 15.0 Å². The second kappa shape index (κ2) is 6.09. The van der Waals surface area contributed by atoms with Gasteiger partial charge in [0.25, 0.3) is 5.56 Å². The molecule has 0 unspecified atom stereocenters. The molecule has 5 rings (SSSR count). The highest BCUT2D eigenvalue weighted by molar-refractivity contribution is 7.18. The summed E-state index contributed by atoms with van der Waals surface area (Å²) in [5.74, 6) is -0.170. The zero-order valence-corrected chi connectivity index (χ0v) is 15.8. The quantitative estimate of drug-likeness (QED) is 0.533. The lowest BCUT2D eigenvalue weighted by Gasteiger charge is -2.26. The third-order valence-electron chi connectivity index (χ3n) is 5.22. The van der Waals surface area contributed by atoms with Gasteiger partial charge in [0.15, 0.2) is 5.78 Å². The number of carbonyl (C=O) groups excluding carboxylic acids is 1. The zero-order chi connectivity index (χ0) is 20.2. The van der Waals surface area contributed by atoms with E-state index in [1.165, 1.54) is 11.3 Å². The molecule has 0 fully saturated rings. The molecule has 7 nitrogen and oxygen atoms in total. The molecule has 0 saturated carbocycles. The van der Waals surface area contributed by atoms with Gasteiger partial charge in [-0.15, -0.1) is 11.3 Å². The van der Waals surface area contributed by atoms with Crippen LogP contribution in [0.1, 0.15) is 17.3 Å². The fourth-order valence-electron chi connectivity index (χ4n) is 3.76. The van der Waals surface area contributed by atoms with Gasteiger partial charge in [-0.1, -0.05) is 24.3 Å². The summed E-state index contributed by atoms with van der Waals surface area (Å²) >= 11 is 1.37. The minimum atomic E-state index is -1.28. The number of aromatic amines is 1. The summed E-state index contributed by atoms with van der Waals surface area (Å²) in [6, 6.07) is 16.4. The number of H-pyrrole nitrogens is 1. The van der Waals surface area contributed by atoms with Crippen LogP contribution in [0.3, 0.4) is 0 Å². The van der Waals surface area contributed by atoms with E-state index in [-0.39, 0.29) is 34.9 Å². The van der Waals surface area contributed by atoms with Crippen LogP contribution in [0.4, 0.5) is 0 Å². The number of benzene rings is 2. The Labute approximate surface area is 168 Å². The number of fused-ring (bicyclic) bond motifs is 2. The molecule has 4 aromatic rings. The summed E-state index contributed by atoms with van der Waals surface area (Å²) in [5, 5.41) is 10.4. The van der Waals surface area contributed by atoms with Crippen molar-refractivity contribution in [3.05, 3.63) is 81.0 Å². The molecular formula is C21H13N5O2S. The number of ketones is 1. The van der Waals surface area contributed by atoms with Crippen molar-refractivity contribution in [2.45, 2.75) is 11.8 Å². The number of Topliss-reactive ketones (excluding diaryl/α,β-unsaturated/α-hetero) is 1. The summed E-state index contributed by atoms with van der Waals surface area (Å²) < 4.78 is 0.913. The van der Waals surface area contributed by atoms with Crippen molar-refractivity contribution in [2.24, 2.45) is 5.73 Å². The number of allylic oxidation sites excluding steroid dienone is 2. The Balaban J connectivity index is 1.88. The van der Waals surface area contributed by atoms with Crippen LogP contribution >= 0.6 is 11.3 Å². The second-order valence-corrected chi connectivity index (χ2v) is 7.85. The van der Waals surface area contributed by atoms with Crippen LogP contribution in [0.15, 0.2) is 64.6 Å². The van der Waals surface area contributed by atoms with E-state index in [9.17, 15) is 14.9 Å². The highest BCUT2D eigenvalue weighted by atomic mass is 32.1. The van der Waals surface area contributed by atoms with Gasteiger partial charge in [0.1, 0.15) is 27.9 Å². The average Bonchev–Trinajstić information content (AvgIpc) is 3.27. The molecule has 0 aliphatic heterocycles. The summed E-state index contributed by atoms with van der Waals surface area (Å²) in [4.78, 5) is 37.5. The Morgan fingerprint density at radius 3 is 2.52 bits per heavy atom. The van der Waals surface area contributed by atoms with Crippen molar-refractivity contribution in [2.75, 3.05) is 0 Å². The van der Waals surface area contributed by atoms with Gasteiger partial charge >= 0.3 is 0 Å². The molecule has 1 aliphatic carbocycles. The first-order valence-electron chi connectivity index (χ1n) is 8.84. The molecule has 0 radical (unpaired) electrons. The number of hydrogen-bond donors (Lipinski definition) is 2. The second-order valence-electron chi connectivity index (χ2n) is 6.82. The Morgan fingerprint density at radius 1 is 1.07 bits per heavy atom. The zero-order valence-electron chi connectivity index (χ0n) is 15.0. The van der Waals surface area contributed by atoms with Gasteiger partial charge in [0.05, 0.1) is 26.8 Å². The van der Waals surface area contributed by atoms with E-state index in [2.05, 4.69) is 15.0 Å². The number of nitrogens with one attached hydrogen (secondary N) is 1. The van der Waals surface area contributed by atoms with E-state index in [0.29, 0.717) is 15.9 Å². The monoisotopic (exact) mass is 399 g/mol. The van der Waals surface area contributed by atoms with Gasteiger partial charge in [0.2, 0.25) is 0 Å². The van der Waals surface area contributed by atoms with E-state index in [0.717, 1.165) is 10.2 Å². The van der Waals surface area contributed by atoms with Crippen LogP contribution in [0.25, 0.3) is 21.1 Å². The van der Waals surface area contributed by atoms with Gasteiger partial charge in [-0.25, -0.2) is 9.97 Å². The summed E-state index contributed by atoms with van der Waals surface area (Å²) in [7, 11) is 0. The van der Waals surface area contributed by atoms with Gasteiger partial charge < -0.3 is 10.7 Å². The molecule has 0 amide bonds. The molecule has 2 heterocycles. The van der Waals surface area contributed by atoms with E-state index >= 15 is 0 Å². The SMILES string of the molecule is N#CC1=C(N)[C@@](c2nc3ccccc3c(=O)[nH]2)(c2nc3ccccc3s2)CC1=O. The molecule has 140 valence electrons. The van der Waals surface area contributed by atoms with Gasteiger partial charge in [-0.2, -0.15) is 5.26 Å². The highest BCUT2D eigenvalue weighted by Crippen LogP contribution is 2.47. The van der Waals surface area contributed by atoms with Crippen molar-refractivity contribution >= 4 is 38.2 Å². The van der Waals surface area contributed by atoms with E-state index in [1.807, 2.05) is 30.3 Å². The highest BCUT2D eigenvalue weighted by Gasteiger charge is 2.51. The minimum Gasteiger partial charge on any atom is -0.400 e. The average molecular weight is 399 g/mol. The molecule has 0 saturated heterocycles. The number of nitrogens with zero attached hydrogens (tertiary/aromatic N) is 3. The first kappa shape index (κ1) is 17.3. The smallest absolute Gasteiger partial charge is 0.258 e. The summed E-state index contributed by atoms with van der Waals surface area (Å²) in [6.07, 6.45) is -0.108. The lowest BCUT2D eigenvalue weighted by Crippen LogP contribution is -2.36. The third-order valence-corrected chi connectivity index (χ3v) is 6.42. The molecule has 2 aromatic carbocycles. The number of rotatable bonds is 2. The summed E-state index contributed by atoms with van der Waals surface area (Å²) in [5.41, 5.74) is 5.96. The maximum Gasteiger partial charge on any atom is 0.258 e. The molecule has 8 heteroatoms. The van der Waals surface area contributed by atoms with Crippen LogP contribution in [-0.2, 0) is 10.2 Å². The standard InChI is InChI=1S/C21H13N5O2S/c22-10-12-15(27)9-21(17(12)23,20-25-14-7-3-4-8-16(14)29-20)19-24-13-6-2-1-5-11(13)18(28)26-19/h1-8H,9,23H2,(H,24,26,28)/t21-/m0/s1. The predicted molar refractivity (Wildman–Crippen MR) is 109 cm³/mol. The molecule has 0 spiro atoms. The normalized spacial score (nSPS) is 19.2. The first-order valence-corrected chi connectivity index (χ1v) is 9.65. The van der Waals surface area contributed by atoms with Gasteiger partial charge in [-0.3, -0.25) is 9.59 Å². The topological polar surface area (TPSA) is 126 Å². The van der Waals surface area contributed by atoms with Crippen LogP contribution in [0, 0.1) is 11.3 Å². The molecule has 1 atom stereocenters. The lowest BCUT2D eigenvalue weighted by molar-refractivity contribution is -0.115. The number of thiazole rings is 1. The molecule has 0 bridgehead atoms. The van der Waals surface area contributed by atoms with Gasteiger partial charge in [0, 0.05) is 6.42 Å². The van der Waals surface area contributed by atoms with Crippen molar-refractivity contribution in [1.29, 1.82) is 5.26 Å². The fraction of sp³-hybridized carbons (Fsp3) is 0.0952. The minimum absolute atomic E-state index is 0.0717. The molecular weight excluding hydrogens is 386 g/mol. The van der Waals surface area contributed by atoms with Crippen molar-refractivity contribution < 1.29 is 4.79 Å². The lowest BCUT2D eigenvalue weighted by atomic mass is 9.84. The van der Waals surface area contributed by atoms with E-state index in [1.54, 1.807) is 24.3 Å². The van der Waals surface area contributed by atoms with Gasteiger partial charge in [-0.05, 0) is 24.3 Å². The Hall–Kier alpha value is -3.83. The molecule has 29 heavy (non-hydrogen) atoms. The number of hydrogen-bond acceptors (Lipinski definition) is 7. The number of para-hydroxylation sites is 2.